The Morgan fingerprint density at radius 1 is 1.48 bits per heavy atom. The minimum Gasteiger partial charge on any atom is -0.382 e. The van der Waals surface area contributed by atoms with Gasteiger partial charge in [0.05, 0.1) is 18.3 Å². The Labute approximate surface area is 136 Å². The van der Waals surface area contributed by atoms with Gasteiger partial charge < -0.3 is 19.5 Å². The Morgan fingerprint density at radius 2 is 2.26 bits per heavy atom. The number of aromatic nitrogens is 4. The van der Waals surface area contributed by atoms with Gasteiger partial charge in [-0.05, 0) is 13.0 Å². The van der Waals surface area contributed by atoms with Crippen molar-refractivity contribution in [3.63, 3.8) is 0 Å². The Morgan fingerprint density at radius 3 is 2.83 bits per heavy atom. The molecule has 0 spiro atoms. The third-order valence-electron chi connectivity index (χ3n) is 3.79. The number of hydrogen-bond donors (Lipinski definition) is 1. The van der Waals surface area contributed by atoms with Crippen molar-refractivity contribution >= 4 is 6.03 Å². The second kappa shape index (κ2) is 7.77. The molecular formula is C15H24N6O2. The standard InChI is InChI=1S/C15H24N6O2/c1-12-16-7-8-21(12)10-9-19(2)15(22)18-13(11-23-4)14-5-6-17-20(14)3/h5-8,13H,9-11H2,1-4H3,(H,18,22)/t13-/m0/s1. The van der Waals surface area contributed by atoms with Crippen LogP contribution in [0.2, 0.25) is 0 Å². The summed E-state index contributed by atoms with van der Waals surface area (Å²) in [6, 6.07) is 1.49. The van der Waals surface area contributed by atoms with E-state index >= 15 is 0 Å². The summed E-state index contributed by atoms with van der Waals surface area (Å²) in [5, 5.41) is 7.12. The van der Waals surface area contributed by atoms with Crippen LogP contribution >= 0.6 is 0 Å². The SMILES string of the molecule is COC[C@H](NC(=O)N(C)CCn1ccnc1C)c1ccnn1C. The van der Waals surface area contributed by atoms with Gasteiger partial charge in [0, 0.05) is 52.9 Å². The lowest BCUT2D eigenvalue weighted by atomic mass is 10.2. The first-order valence-electron chi connectivity index (χ1n) is 7.49. The van der Waals surface area contributed by atoms with Crippen molar-refractivity contribution in [1.29, 1.82) is 0 Å². The summed E-state index contributed by atoms with van der Waals surface area (Å²) in [5.41, 5.74) is 0.902. The minimum atomic E-state index is -0.238. The van der Waals surface area contributed by atoms with Crippen molar-refractivity contribution in [2.24, 2.45) is 7.05 Å². The highest BCUT2D eigenvalue weighted by Crippen LogP contribution is 2.12. The number of amides is 2. The number of ether oxygens (including phenoxy) is 1. The zero-order valence-corrected chi connectivity index (χ0v) is 14.1. The van der Waals surface area contributed by atoms with Crippen molar-refractivity contribution < 1.29 is 9.53 Å². The number of rotatable bonds is 7. The molecule has 1 atom stereocenters. The van der Waals surface area contributed by atoms with Crippen LogP contribution in [-0.4, -0.2) is 57.6 Å². The van der Waals surface area contributed by atoms with Crippen LogP contribution in [0.4, 0.5) is 4.79 Å². The van der Waals surface area contributed by atoms with Crippen molar-refractivity contribution in [3.8, 4) is 0 Å². The van der Waals surface area contributed by atoms with Crippen LogP contribution in [0.15, 0.2) is 24.7 Å². The molecule has 2 rings (SSSR count). The Kier molecular flexibility index (Phi) is 5.75. The minimum absolute atomic E-state index is 0.147. The maximum Gasteiger partial charge on any atom is 0.317 e. The molecule has 2 amide bonds. The van der Waals surface area contributed by atoms with E-state index in [1.165, 1.54) is 0 Å². The molecule has 2 heterocycles. The van der Waals surface area contributed by atoms with E-state index in [0.29, 0.717) is 19.7 Å². The number of urea groups is 1. The Hall–Kier alpha value is -2.35. The number of likely N-dealkylation sites (N-methyl/N-ethyl adjacent to an activating group) is 1. The number of nitrogens with zero attached hydrogens (tertiary/aromatic N) is 5. The summed E-state index contributed by atoms with van der Waals surface area (Å²) in [5.74, 6) is 0.936. The number of carbonyl (C=O) groups excluding carboxylic acids is 1. The summed E-state index contributed by atoms with van der Waals surface area (Å²) < 4.78 is 8.96. The van der Waals surface area contributed by atoms with Gasteiger partial charge in [0.2, 0.25) is 0 Å². The topological polar surface area (TPSA) is 77.2 Å². The first-order valence-corrected chi connectivity index (χ1v) is 7.49. The van der Waals surface area contributed by atoms with E-state index in [0.717, 1.165) is 11.5 Å². The predicted molar refractivity (Wildman–Crippen MR) is 86.0 cm³/mol. The lowest BCUT2D eigenvalue weighted by molar-refractivity contribution is 0.155. The van der Waals surface area contributed by atoms with Crippen molar-refractivity contribution in [3.05, 3.63) is 36.2 Å². The van der Waals surface area contributed by atoms with Crippen LogP contribution in [0, 0.1) is 6.92 Å². The van der Waals surface area contributed by atoms with E-state index in [4.69, 9.17) is 4.74 Å². The fourth-order valence-corrected chi connectivity index (χ4v) is 2.35. The number of nitrogens with one attached hydrogen (secondary N) is 1. The number of carbonyl (C=O) groups is 1. The maximum atomic E-state index is 12.4. The molecule has 0 saturated carbocycles. The average Bonchev–Trinajstić information content (AvgIpc) is 3.12. The zero-order valence-electron chi connectivity index (χ0n) is 14.1. The normalized spacial score (nSPS) is 12.2. The fourth-order valence-electron chi connectivity index (χ4n) is 2.35. The second-order valence-corrected chi connectivity index (χ2v) is 5.43. The predicted octanol–water partition coefficient (Wildman–Crippen LogP) is 0.954. The molecule has 8 heteroatoms. The molecule has 0 radical (unpaired) electrons. The molecule has 2 aromatic rings. The van der Waals surface area contributed by atoms with Crippen molar-refractivity contribution in [1.82, 2.24) is 29.5 Å². The van der Waals surface area contributed by atoms with Gasteiger partial charge in [0.1, 0.15) is 5.82 Å². The molecule has 23 heavy (non-hydrogen) atoms. The summed E-state index contributed by atoms with van der Waals surface area (Å²) in [4.78, 5) is 18.2. The van der Waals surface area contributed by atoms with Crippen LogP contribution in [-0.2, 0) is 18.3 Å². The highest BCUT2D eigenvalue weighted by Gasteiger charge is 2.19. The third kappa shape index (κ3) is 4.32. The van der Waals surface area contributed by atoms with Gasteiger partial charge in [-0.2, -0.15) is 5.10 Å². The third-order valence-corrected chi connectivity index (χ3v) is 3.79. The van der Waals surface area contributed by atoms with Gasteiger partial charge in [-0.3, -0.25) is 4.68 Å². The van der Waals surface area contributed by atoms with Gasteiger partial charge in [0.15, 0.2) is 0 Å². The van der Waals surface area contributed by atoms with Gasteiger partial charge in [-0.25, -0.2) is 9.78 Å². The maximum absolute atomic E-state index is 12.4. The summed E-state index contributed by atoms with van der Waals surface area (Å²) in [6.45, 7) is 3.63. The van der Waals surface area contributed by atoms with E-state index in [-0.39, 0.29) is 12.1 Å². The lowest BCUT2D eigenvalue weighted by Crippen LogP contribution is -2.42. The zero-order chi connectivity index (χ0) is 16.8. The number of aryl methyl sites for hydroxylation is 2. The van der Waals surface area contributed by atoms with Gasteiger partial charge in [0.25, 0.3) is 0 Å². The molecule has 0 aliphatic carbocycles. The smallest absolute Gasteiger partial charge is 0.317 e. The monoisotopic (exact) mass is 320 g/mol. The molecule has 1 N–H and O–H groups in total. The highest BCUT2D eigenvalue weighted by atomic mass is 16.5. The molecule has 0 saturated heterocycles. The van der Waals surface area contributed by atoms with Crippen molar-refractivity contribution in [2.75, 3.05) is 27.3 Å². The number of imidazole rings is 1. The van der Waals surface area contributed by atoms with E-state index in [9.17, 15) is 4.79 Å². The largest absolute Gasteiger partial charge is 0.382 e. The lowest BCUT2D eigenvalue weighted by Gasteiger charge is -2.23. The molecule has 2 aromatic heterocycles. The van der Waals surface area contributed by atoms with Crippen LogP contribution in [0.5, 0.6) is 0 Å². The van der Waals surface area contributed by atoms with Crippen LogP contribution in [0.25, 0.3) is 0 Å². The van der Waals surface area contributed by atoms with Crippen LogP contribution in [0.1, 0.15) is 17.6 Å². The summed E-state index contributed by atoms with van der Waals surface area (Å²) in [6.07, 6.45) is 5.37. The Bertz CT molecular complexity index is 635. The molecule has 0 bridgehead atoms. The van der Waals surface area contributed by atoms with Gasteiger partial charge in [-0.15, -0.1) is 0 Å². The molecule has 0 unspecified atom stereocenters. The molecule has 8 nitrogen and oxygen atoms in total. The van der Waals surface area contributed by atoms with Gasteiger partial charge in [-0.1, -0.05) is 0 Å². The first-order chi connectivity index (χ1) is 11.0. The molecular weight excluding hydrogens is 296 g/mol. The van der Waals surface area contributed by atoms with Crippen molar-refractivity contribution in [2.45, 2.75) is 19.5 Å². The van der Waals surface area contributed by atoms with E-state index in [2.05, 4.69) is 15.4 Å². The molecule has 0 fully saturated rings. The summed E-state index contributed by atoms with van der Waals surface area (Å²) in [7, 11) is 5.23. The van der Waals surface area contributed by atoms with E-state index < -0.39 is 0 Å². The molecule has 0 aliphatic rings. The number of hydrogen-bond acceptors (Lipinski definition) is 4. The van der Waals surface area contributed by atoms with Gasteiger partial charge >= 0.3 is 6.03 Å². The Balaban J connectivity index is 1.92. The fraction of sp³-hybridized carbons (Fsp3) is 0.533. The van der Waals surface area contributed by atoms with E-state index in [1.54, 1.807) is 36.1 Å². The van der Waals surface area contributed by atoms with E-state index in [1.807, 2.05) is 30.8 Å². The first kappa shape index (κ1) is 17.0. The molecule has 0 aromatic carbocycles. The quantitative estimate of drug-likeness (QED) is 0.824. The average molecular weight is 320 g/mol. The van der Waals surface area contributed by atoms with Crippen LogP contribution in [0.3, 0.4) is 0 Å². The molecule has 126 valence electrons. The molecule has 0 aliphatic heterocycles. The highest BCUT2D eigenvalue weighted by molar-refractivity contribution is 5.74. The number of methoxy groups -OCH3 is 1. The second-order valence-electron chi connectivity index (χ2n) is 5.43. The van der Waals surface area contributed by atoms with Crippen LogP contribution < -0.4 is 5.32 Å². The summed E-state index contributed by atoms with van der Waals surface area (Å²) >= 11 is 0.